The first-order chi connectivity index (χ1) is 10.0. The number of rotatable bonds is 5. The van der Waals surface area contributed by atoms with Crippen molar-refractivity contribution in [2.45, 2.75) is 44.3 Å². The lowest BCUT2D eigenvalue weighted by Gasteiger charge is -2.41. The molecule has 1 amide bonds. The SMILES string of the molecule is COc1ccc(C(C(C)N)N2CCCCC2C(N)=O)cc1. The van der Waals surface area contributed by atoms with Crippen LogP contribution in [0.5, 0.6) is 5.75 Å². The van der Waals surface area contributed by atoms with Crippen LogP contribution in [-0.2, 0) is 4.79 Å². The summed E-state index contributed by atoms with van der Waals surface area (Å²) >= 11 is 0. The van der Waals surface area contributed by atoms with E-state index in [9.17, 15) is 4.79 Å². The molecule has 1 aromatic carbocycles. The molecule has 1 aliphatic rings. The van der Waals surface area contributed by atoms with Crippen LogP contribution in [0.15, 0.2) is 24.3 Å². The van der Waals surface area contributed by atoms with Crippen LogP contribution >= 0.6 is 0 Å². The van der Waals surface area contributed by atoms with Gasteiger partial charge in [0.05, 0.1) is 19.2 Å². The molecule has 0 saturated carbocycles. The summed E-state index contributed by atoms with van der Waals surface area (Å²) in [6.07, 6.45) is 2.93. The maximum atomic E-state index is 11.7. The highest BCUT2D eigenvalue weighted by molar-refractivity contribution is 5.80. The van der Waals surface area contributed by atoms with Crippen molar-refractivity contribution in [3.05, 3.63) is 29.8 Å². The molecule has 2 rings (SSSR count). The second-order valence-corrected chi connectivity index (χ2v) is 5.73. The predicted molar refractivity (Wildman–Crippen MR) is 82.9 cm³/mol. The van der Waals surface area contributed by atoms with E-state index in [1.807, 2.05) is 31.2 Å². The van der Waals surface area contributed by atoms with Gasteiger partial charge < -0.3 is 16.2 Å². The van der Waals surface area contributed by atoms with Gasteiger partial charge in [-0.25, -0.2) is 0 Å². The number of methoxy groups -OCH3 is 1. The van der Waals surface area contributed by atoms with Crippen LogP contribution in [0.3, 0.4) is 0 Å². The van der Waals surface area contributed by atoms with Gasteiger partial charge in [-0.3, -0.25) is 9.69 Å². The number of carbonyl (C=O) groups excluding carboxylic acids is 1. The van der Waals surface area contributed by atoms with Gasteiger partial charge in [0.2, 0.25) is 5.91 Å². The lowest BCUT2D eigenvalue weighted by Crippen LogP contribution is -2.52. The highest BCUT2D eigenvalue weighted by atomic mass is 16.5. The Morgan fingerprint density at radius 2 is 2.00 bits per heavy atom. The second kappa shape index (κ2) is 6.91. The second-order valence-electron chi connectivity index (χ2n) is 5.73. The number of ether oxygens (including phenoxy) is 1. The Hall–Kier alpha value is -1.59. The summed E-state index contributed by atoms with van der Waals surface area (Å²) in [5.41, 5.74) is 12.9. The highest BCUT2D eigenvalue weighted by Gasteiger charge is 2.34. The molecule has 0 aliphatic carbocycles. The van der Waals surface area contributed by atoms with Gasteiger partial charge in [0.15, 0.2) is 0 Å². The fraction of sp³-hybridized carbons (Fsp3) is 0.562. The van der Waals surface area contributed by atoms with Crippen LogP contribution < -0.4 is 16.2 Å². The number of hydrogen-bond donors (Lipinski definition) is 2. The van der Waals surface area contributed by atoms with Crippen molar-refractivity contribution in [2.24, 2.45) is 11.5 Å². The molecule has 5 heteroatoms. The van der Waals surface area contributed by atoms with Crippen LogP contribution in [0.1, 0.15) is 37.8 Å². The minimum Gasteiger partial charge on any atom is -0.497 e. The Morgan fingerprint density at radius 3 is 2.52 bits per heavy atom. The predicted octanol–water partition coefficient (Wildman–Crippen LogP) is 1.42. The van der Waals surface area contributed by atoms with Crippen molar-refractivity contribution in [3.63, 3.8) is 0 Å². The summed E-state index contributed by atoms with van der Waals surface area (Å²) in [7, 11) is 1.64. The minimum absolute atomic E-state index is 0.00583. The molecule has 0 spiro atoms. The van der Waals surface area contributed by atoms with Gasteiger partial charge in [-0.1, -0.05) is 18.6 Å². The highest BCUT2D eigenvalue weighted by Crippen LogP contribution is 2.31. The van der Waals surface area contributed by atoms with Crippen molar-refractivity contribution < 1.29 is 9.53 Å². The number of benzene rings is 1. The normalized spacial score (nSPS) is 22.5. The average Bonchev–Trinajstić information content (AvgIpc) is 2.48. The number of primary amides is 1. The summed E-state index contributed by atoms with van der Waals surface area (Å²) < 4.78 is 5.20. The van der Waals surface area contributed by atoms with E-state index in [4.69, 9.17) is 16.2 Å². The molecule has 3 atom stereocenters. The van der Waals surface area contributed by atoms with E-state index in [0.29, 0.717) is 0 Å². The maximum absolute atomic E-state index is 11.7. The van der Waals surface area contributed by atoms with E-state index in [0.717, 1.165) is 37.1 Å². The largest absolute Gasteiger partial charge is 0.497 e. The van der Waals surface area contributed by atoms with Crippen LogP contribution in [0.2, 0.25) is 0 Å². The molecule has 3 unspecified atom stereocenters. The number of hydrogen-bond acceptors (Lipinski definition) is 4. The number of nitrogens with two attached hydrogens (primary N) is 2. The Balaban J connectivity index is 2.29. The zero-order valence-corrected chi connectivity index (χ0v) is 12.8. The molecule has 5 nitrogen and oxygen atoms in total. The molecular weight excluding hydrogens is 266 g/mol. The first-order valence-electron chi connectivity index (χ1n) is 7.49. The number of piperidine rings is 1. The van der Waals surface area contributed by atoms with Crippen LogP contribution in [0.4, 0.5) is 0 Å². The third-order valence-corrected chi connectivity index (χ3v) is 4.19. The fourth-order valence-corrected chi connectivity index (χ4v) is 3.19. The van der Waals surface area contributed by atoms with Crippen molar-refractivity contribution in [1.29, 1.82) is 0 Å². The van der Waals surface area contributed by atoms with E-state index < -0.39 is 0 Å². The third kappa shape index (κ3) is 3.54. The van der Waals surface area contributed by atoms with E-state index in [2.05, 4.69) is 4.90 Å². The molecule has 1 heterocycles. The third-order valence-electron chi connectivity index (χ3n) is 4.19. The van der Waals surface area contributed by atoms with E-state index in [-0.39, 0.29) is 24.0 Å². The molecule has 0 aromatic heterocycles. The van der Waals surface area contributed by atoms with E-state index in [1.165, 1.54) is 0 Å². The number of nitrogens with zero attached hydrogens (tertiary/aromatic N) is 1. The van der Waals surface area contributed by atoms with Gasteiger partial charge in [0.25, 0.3) is 0 Å². The molecule has 116 valence electrons. The molecule has 0 radical (unpaired) electrons. The van der Waals surface area contributed by atoms with Crippen molar-refractivity contribution in [1.82, 2.24) is 4.90 Å². The lowest BCUT2D eigenvalue weighted by atomic mass is 9.92. The van der Waals surface area contributed by atoms with Crippen molar-refractivity contribution >= 4 is 5.91 Å². The quantitative estimate of drug-likeness (QED) is 0.859. The number of likely N-dealkylation sites (tertiary alicyclic amines) is 1. The summed E-state index contributed by atoms with van der Waals surface area (Å²) in [6.45, 7) is 2.83. The average molecular weight is 291 g/mol. The van der Waals surface area contributed by atoms with E-state index >= 15 is 0 Å². The molecule has 0 bridgehead atoms. The van der Waals surface area contributed by atoms with Gasteiger partial charge in [0, 0.05) is 6.04 Å². The van der Waals surface area contributed by atoms with Gasteiger partial charge in [-0.15, -0.1) is 0 Å². The summed E-state index contributed by atoms with van der Waals surface area (Å²) in [4.78, 5) is 13.9. The molecule has 21 heavy (non-hydrogen) atoms. The monoisotopic (exact) mass is 291 g/mol. The molecule has 1 fully saturated rings. The summed E-state index contributed by atoms with van der Waals surface area (Å²) in [6, 6.07) is 7.56. The van der Waals surface area contributed by atoms with E-state index in [1.54, 1.807) is 7.11 Å². The van der Waals surface area contributed by atoms with Gasteiger partial charge >= 0.3 is 0 Å². The maximum Gasteiger partial charge on any atom is 0.234 e. The number of amides is 1. The first-order valence-corrected chi connectivity index (χ1v) is 7.49. The zero-order valence-electron chi connectivity index (χ0n) is 12.8. The lowest BCUT2D eigenvalue weighted by molar-refractivity contribution is -0.125. The van der Waals surface area contributed by atoms with Crippen molar-refractivity contribution in [3.8, 4) is 5.75 Å². The molecule has 1 aliphatic heterocycles. The molecule has 1 saturated heterocycles. The number of carbonyl (C=O) groups is 1. The molecule has 1 aromatic rings. The van der Waals surface area contributed by atoms with Crippen LogP contribution in [0.25, 0.3) is 0 Å². The molecule has 4 N–H and O–H groups in total. The Labute approximate surface area is 126 Å². The standard InChI is InChI=1S/C16H25N3O2/c1-11(17)15(12-6-8-13(21-2)9-7-12)19-10-4-3-5-14(19)16(18)20/h6-9,11,14-15H,3-5,10,17H2,1-2H3,(H2,18,20). The van der Waals surface area contributed by atoms with Gasteiger partial charge in [-0.2, -0.15) is 0 Å². The summed E-state index contributed by atoms with van der Waals surface area (Å²) in [5.74, 6) is 0.557. The molecular formula is C16H25N3O2. The summed E-state index contributed by atoms with van der Waals surface area (Å²) in [5, 5.41) is 0. The topological polar surface area (TPSA) is 81.6 Å². The van der Waals surface area contributed by atoms with Gasteiger partial charge in [-0.05, 0) is 44.0 Å². The first kappa shape index (κ1) is 15.8. The smallest absolute Gasteiger partial charge is 0.234 e. The Kier molecular flexibility index (Phi) is 5.20. The van der Waals surface area contributed by atoms with Crippen LogP contribution in [-0.4, -0.2) is 36.5 Å². The van der Waals surface area contributed by atoms with Gasteiger partial charge in [0.1, 0.15) is 5.75 Å². The Bertz CT molecular complexity index is 473. The minimum atomic E-state index is -0.256. The fourth-order valence-electron chi connectivity index (χ4n) is 3.19. The Morgan fingerprint density at radius 1 is 1.33 bits per heavy atom. The zero-order chi connectivity index (χ0) is 15.4. The van der Waals surface area contributed by atoms with Crippen LogP contribution in [0, 0.1) is 0 Å². The van der Waals surface area contributed by atoms with Crippen molar-refractivity contribution in [2.75, 3.05) is 13.7 Å².